The van der Waals surface area contributed by atoms with Gasteiger partial charge in [0.15, 0.2) is 0 Å². The zero-order valence-corrected chi connectivity index (χ0v) is 14.6. The van der Waals surface area contributed by atoms with E-state index < -0.39 is 10.0 Å². The lowest BCUT2D eigenvalue weighted by Gasteiger charge is -2.13. The van der Waals surface area contributed by atoms with E-state index in [1.165, 1.54) is 0 Å². The molecule has 0 bridgehead atoms. The molecule has 3 rings (SSSR count). The number of hydrogen-bond acceptors (Lipinski definition) is 4. The van der Waals surface area contributed by atoms with Gasteiger partial charge in [-0.3, -0.25) is 4.79 Å². The number of anilines is 1. The molecule has 0 spiro atoms. The monoisotopic (exact) mass is 347 g/mol. The predicted molar refractivity (Wildman–Crippen MR) is 95.0 cm³/mol. The van der Waals surface area contributed by atoms with Gasteiger partial charge in [0, 0.05) is 36.5 Å². The van der Waals surface area contributed by atoms with Crippen LogP contribution in [-0.4, -0.2) is 41.0 Å². The van der Waals surface area contributed by atoms with Crippen LogP contribution in [0.15, 0.2) is 35.2 Å². The molecule has 0 saturated heterocycles. The number of carbonyl (C=O) groups is 1. The lowest BCUT2D eigenvalue weighted by atomic mass is 10.1. The van der Waals surface area contributed by atoms with Gasteiger partial charge in [0.25, 0.3) is 5.91 Å². The number of rotatable bonds is 7. The lowest BCUT2D eigenvalue weighted by Crippen LogP contribution is -2.32. The van der Waals surface area contributed by atoms with Crippen molar-refractivity contribution in [2.24, 2.45) is 0 Å². The third kappa shape index (κ3) is 2.79. The van der Waals surface area contributed by atoms with Gasteiger partial charge in [-0.05, 0) is 31.2 Å². The summed E-state index contributed by atoms with van der Waals surface area (Å²) >= 11 is 0. The van der Waals surface area contributed by atoms with Crippen molar-refractivity contribution in [2.45, 2.75) is 18.2 Å². The highest BCUT2D eigenvalue weighted by atomic mass is 32.2. The number of nitrogens with zero attached hydrogens (tertiary/aromatic N) is 1. The molecule has 0 aliphatic carbocycles. The van der Waals surface area contributed by atoms with Crippen LogP contribution in [0, 0.1) is 0 Å². The maximum atomic E-state index is 12.6. The van der Waals surface area contributed by atoms with Crippen LogP contribution < -0.4 is 14.9 Å². The molecule has 0 aromatic heterocycles. The Labute approximate surface area is 141 Å². The Kier molecular flexibility index (Phi) is 4.58. The third-order valence-electron chi connectivity index (χ3n) is 4.19. The van der Waals surface area contributed by atoms with Crippen molar-refractivity contribution in [1.82, 2.24) is 10.0 Å². The predicted octanol–water partition coefficient (Wildman–Crippen LogP) is 1.71. The van der Waals surface area contributed by atoms with Crippen LogP contribution in [0.2, 0.25) is 0 Å². The Bertz CT molecular complexity index is 893. The normalized spacial score (nSPS) is 13.9. The molecule has 2 N–H and O–H groups in total. The van der Waals surface area contributed by atoms with Gasteiger partial charge in [-0.2, -0.15) is 0 Å². The summed E-state index contributed by atoms with van der Waals surface area (Å²) in [6.45, 7) is 3.82. The van der Waals surface area contributed by atoms with Gasteiger partial charge in [-0.25, -0.2) is 13.1 Å². The van der Waals surface area contributed by atoms with Gasteiger partial charge in [-0.1, -0.05) is 19.1 Å². The number of amides is 1. The summed E-state index contributed by atoms with van der Waals surface area (Å²) in [5.74, 6) is -0.109. The maximum Gasteiger partial charge on any atom is 0.258 e. The van der Waals surface area contributed by atoms with Crippen molar-refractivity contribution >= 4 is 32.4 Å². The summed E-state index contributed by atoms with van der Waals surface area (Å²) in [7, 11) is -1.94. The average Bonchev–Trinajstić information content (AvgIpc) is 2.82. The van der Waals surface area contributed by atoms with E-state index in [0.29, 0.717) is 29.4 Å². The Morgan fingerprint density at radius 3 is 2.62 bits per heavy atom. The van der Waals surface area contributed by atoms with Gasteiger partial charge < -0.3 is 10.2 Å². The van der Waals surface area contributed by atoms with Gasteiger partial charge >= 0.3 is 0 Å². The summed E-state index contributed by atoms with van der Waals surface area (Å²) in [6.07, 6.45) is 1.00. The largest absolute Gasteiger partial charge is 0.315 e. The highest BCUT2D eigenvalue weighted by Gasteiger charge is 2.29. The van der Waals surface area contributed by atoms with E-state index in [-0.39, 0.29) is 10.8 Å². The first-order valence-electron chi connectivity index (χ1n) is 8.01. The third-order valence-corrected chi connectivity index (χ3v) is 5.70. The Morgan fingerprint density at radius 1 is 1.08 bits per heavy atom. The minimum absolute atomic E-state index is 0.109. The zero-order chi connectivity index (χ0) is 17.3. The van der Waals surface area contributed by atoms with Crippen molar-refractivity contribution in [3.05, 3.63) is 35.9 Å². The number of carbonyl (C=O) groups excluding carboxylic acids is 1. The van der Waals surface area contributed by atoms with Crippen molar-refractivity contribution in [3.8, 4) is 0 Å². The maximum absolute atomic E-state index is 12.6. The van der Waals surface area contributed by atoms with Crippen LogP contribution in [0.5, 0.6) is 0 Å². The van der Waals surface area contributed by atoms with Crippen LogP contribution >= 0.6 is 0 Å². The van der Waals surface area contributed by atoms with E-state index in [2.05, 4.69) is 17.0 Å². The molecule has 0 fully saturated rings. The quantitative estimate of drug-likeness (QED) is 0.748. The Morgan fingerprint density at radius 2 is 1.88 bits per heavy atom. The fourth-order valence-electron chi connectivity index (χ4n) is 3.00. The second-order valence-electron chi connectivity index (χ2n) is 5.82. The molecule has 2 aromatic carbocycles. The summed E-state index contributed by atoms with van der Waals surface area (Å²) in [5, 5.41) is 4.44. The average molecular weight is 347 g/mol. The summed E-state index contributed by atoms with van der Waals surface area (Å²) in [6, 6.07) is 8.47. The fourth-order valence-corrected chi connectivity index (χ4v) is 4.23. The second-order valence-corrected chi connectivity index (χ2v) is 7.56. The number of benzene rings is 2. The van der Waals surface area contributed by atoms with Gasteiger partial charge in [0.1, 0.15) is 0 Å². The molecular weight excluding hydrogens is 326 g/mol. The number of nitrogens with one attached hydrogen (secondary N) is 2. The van der Waals surface area contributed by atoms with E-state index in [0.717, 1.165) is 18.7 Å². The van der Waals surface area contributed by atoms with Crippen LogP contribution in [-0.2, 0) is 10.0 Å². The molecule has 0 saturated carbocycles. The zero-order valence-electron chi connectivity index (χ0n) is 13.8. The summed E-state index contributed by atoms with van der Waals surface area (Å²) < 4.78 is 27.9. The Balaban J connectivity index is 1.95. The van der Waals surface area contributed by atoms with Gasteiger partial charge in [0.05, 0.1) is 10.6 Å². The van der Waals surface area contributed by atoms with E-state index >= 15 is 0 Å². The lowest BCUT2D eigenvalue weighted by molar-refractivity contribution is 0.0999. The van der Waals surface area contributed by atoms with Crippen molar-refractivity contribution in [3.63, 3.8) is 0 Å². The molecular formula is C17H21N3O3S. The van der Waals surface area contributed by atoms with Crippen LogP contribution in [0.25, 0.3) is 10.8 Å². The molecule has 1 heterocycles. The van der Waals surface area contributed by atoms with E-state index in [1.54, 1.807) is 42.3 Å². The SMILES string of the molecule is CCCNCCNS(=O)(=O)c1ccc2c3c(cccc13)C(=O)N2C. The topological polar surface area (TPSA) is 78.5 Å². The molecule has 0 unspecified atom stereocenters. The first kappa shape index (κ1) is 16.9. The molecule has 0 radical (unpaired) electrons. The molecule has 1 aliphatic rings. The second kappa shape index (κ2) is 6.51. The molecule has 1 amide bonds. The van der Waals surface area contributed by atoms with Crippen LogP contribution in [0.3, 0.4) is 0 Å². The van der Waals surface area contributed by atoms with E-state index in [4.69, 9.17) is 0 Å². The molecule has 7 heteroatoms. The Hall–Kier alpha value is -1.96. The van der Waals surface area contributed by atoms with Crippen molar-refractivity contribution in [2.75, 3.05) is 31.6 Å². The standard InChI is InChI=1S/C17H21N3O3S/c1-3-9-18-10-11-19-24(22,23)15-8-7-14-16-12(15)5-4-6-13(16)17(21)20(14)2/h4-8,18-19H,3,9-11H2,1-2H3. The highest BCUT2D eigenvalue weighted by molar-refractivity contribution is 7.89. The van der Waals surface area contributed by atoms with Crippen LogP contribution in [0.4, 0.5) is 5.69 Å². The van der Waals surface area contributed by atoms with Crippen molar-refractivity contribution < 1.29 is 13.2 Å². The number of hydrogen-bond donors (Lipinski definition) is 2. The van der Waals surface area contributed by atoms with E-state index in [9.17, 15) is 13.2 Å². The highest BCUT2D eigenvalue weighted by Crippen LogP contribution is 2.39. The van der Waals surface area contributed by atoms with Gasteiger partial charge in [0.2, 0.25) is 10.0 Å². The molecule has 1 aliphatic heterocycles. The van der Waals surface area contributed by atoms with Crippen molar-refractivity contribution in [1.29, 1.82) is 0 Å². The fraction of sp³-hybridized carbons (Fsp3) is 0.353. The number of sulfonamides is 1. The molecule has 6 nitrogen and oxygen atoms in total. The van der Waals surface area contributed by atoms with Gasteiger partial charge in [-0.15, -0.1) is 0 Å². The molecule has 128 valence electrons. The summed E-state index contributed by atoms with van der Waals surface area (Å²) in [5.41, 5.74) is 1.29. The molecule has 2 aromatic rings. The first-order chi connectivity index (χ1) is 11.5. The minimum atomic E-state index is -3.63. The van der Waals surface area contributed by atoms with E-state index in [1.807, 2.05) is 0 Å². The summed E-state index contributed by atoms with van der Waals surface area (Å²) in [4.78, 5) is 14.0. The smallest absolute Gasteiger partial charge is 0.258 e. The molecule has 0 atom stereocenters. The molecule has 24 heavy (non-hydrogen) atoms. The first-order valence-corrected chi connectivity index (χ1v) is 9.50. The minimum Gasteiger partial charge on any atom is -0.315 e. The van der Waals surface area contributed by atoms with Crippen LogP contribution in [0.1, 0.15) is 23.7 Å².